The van der Waals surface area contributed by atoms with Gasteiger partial charge in [-0.15, -0.1) is 0 Å². The third-order valence-electron chi connectivity index (χ3n) is 3.96. The molecular formula is C19H40S. The maximum Gasteiger partial charge on any atom is -0.00674 e. The van der Waals surface area contributed by atoms with Gasteiger partial charge in [-0.25, -0.2) is 0 Å². The van der Waals surface area contributed by atoms with E-state index in [4.69, 9.17) is 0 Å². The molecule has 122 valence electrons. The van der Waals surface area contributed by atoms with Gasteiger partial charge in [0, 0.05) is 0 Å². The Morgan fingerprint density at radius 3 is 1.55 bits per heavy atom. The summed E-state index contributed by atoms with van der Waals surface area (Å²) in [5.41, 5.74) is 0. The van der Waals surface area contributed by atoms with Crippen LogP contribution < -0.4 is 0 Å². The monoisotopic (exact) mass is 300 g/mol. The molecule has 20 heavy (non-hydrogen) atoms. The maximum absolute atomic E-state index is 2.33. The Labute approximate surface area is 133 Å². The highest BCUT2D eigenvalue weighted by atomic mass is 32.2. The molecule has 1 heteroatoms. The predicted molar refractivity (Wildman–Crippen MR) is 97.9 cm³/mol. The summed E-state index contributed by atoms with van der Waals surface area (Å²) in [6.45, 7) is 6.95. The molecule has 0 nitrogen and oxygen atoms in total. The minimum absolute atomic E-state index is 0.887. The zero-order chi connectivity index (χ0) is 14.9. The SMILES string of the molecule is CCCCCCCCCCCCCSCCCC(C)C. The molecule has 0 rings (SSSR count). The quantitative estimate of drug-likeness (QED) is 0.266. The van der Waals surface area contributed by atoms with Gasteiger partial charge in [0.25, 0.3) is 0 Å². The molecule has 0 saturated carbocycles. The molecule has 0 spiro atoms. The van der Waals surface area contributed by atoms with Gasteiger partial charge in [0.05, 0.1) is 0 Å². The Balaban J connectivity index is 2.92. The van der Waals surface area contributed by atoms with E-state index in [0.29, 0.717) is 0 Å². The molecule has 0 aromatic rings. The van der Waals surface area contributed by atoms with Crippen LogP contribution in [-0.4, -0.2) is 11.5 Å². The lowest BCUT2D eigenvalue weighted by Gasteiger charge is -2.05. The Bertz CT molecular complexity index is 165. The largest absolute Gasteiger partial charge is 0.162 e. The number of thioether (sulfide) groups is 1. The fraction of sp³-hybridized carbons (Fsp3) is 1.00. The van der Waals surface area contributed by atoms with Gasteiger partial charge in [-0.1, -0.05) is 91.4 Å². The van der Waals surface area contributed by atoms with Crippen molar-refractivity contribution in [3.8, 4) is 0 Å². The van der Waals surface area contributed by atoms with Gasteiger partial charge in [0.2, 0.25) is 0 Å². The Morgan fingerprint density at radius 1 is 0.600 bits per heavy atom. The van der Waals surface area contributed by atoms with Crippen molar-refractivity contribution in [3.05, 3.63) is 0 Å². The van der Waals surface area contributed by atoms with Gasteiger partial charge in [-0.2, -0.15) is 11.8 Å². The van der Waals surface area contributed by atoms with Crippen molar-refractivity contribution in [3.63, 3.8) is 0 Å². The first-order valence-corrected chi connectivity index (χ1v) is 10.5. The molecule has 0 aliphatic heterocycles. The standard InChI is InChI=1S/C19H40S/c1-4-5-6-7-8-9-10-11-12-13-14-17-20-18-15-16-19(2)3/h19H,4-18H2,1-3H3. The lowest BCUT2D eigenvalue weighted by molar-refractivity contribution is 0.555. The minimum Gasteiger partial charge on any atom is -0.162 e. The predicted octanol–water partition coefficient (Wildman–Crippen LogP) is 7.47. The summed E-state index contributed by atoms with van der Waals surface area (Å²) in [4.78, 5) is 0. The van der Waals surface area contributed by atoms with E-state index in [9.17, 15) is 0 Å². The van der Waals surface area contributed by atoms with Gasteiger partial charge in [-0.05, 0) is 30.3 Å². The van der Waals surface area contributed by atoms with Crippen LogP contribution in [0.3, 0.4) is 0 Å². The van der Waals surface area contributed by atoms with Crippen molar-refractivity contribution in [1.29, 1.82) is 0 Å². The van der Waals surface area contributed by atoms with Crippen molar-refractivity contribution in [2.24, 2.45) is 5.92 Å². The second-order valence-electron chi connectivity index (χ2n) is 6.68. The maximum atomic E-state index is 2.33. The fourth-order valence-electron chi connectivity index (χ4n) is 2.56. The van der Waals surface area contributed by atoms with E-state index in [1.807, 2.05) is 0 Å². The zero-order valence-electron chi connectivity index (χ0n) is 14.6. The van der Waals surface area contributed by atoms with E-state index in [-0.39, 0.29) is 0 Å². The third kappa shape index (κ3) is 18.4. The number of unbranched alkanes of at least 4 members (excludes halogenated alkanes) is 10. The van der Waals surface area contributed by atoms with E-state index in [2.05, 4.69) is 32.5 Å². The Morgan fingerprint density at radius 2 is 1.05 bits per heavy atom. The van der Waals surface area contributed by atoms with Crippen LogP contribution in [0.1, 0.15) is 104 Å². The normalized spacial score (nSPS) is 11.4. The van der Waals surface area contributed by atoms with Crippen molar-refractivity contribution in [2.45, 2.75) is 104 Å². The van der Waals surface area contributed by atoms with Crippen LogP contribution >= 0.6 is 11.8 Å². The van der Waals surface area contributed by atoms with Crippen LogP contribution in [0.5, 0.6) is 0 Å². The molecular weight excluding hydrogens is 260 g/mol. The van der Waals surface area contributed by atoms with Crippen LogP contribution in [0.25, 0.3) is 0 Å². The Hall–Kier alpha value is 0.350. The molecule has 0 radical (unpaired) electrons. The average Bonchev–Trinajstić information content (AvgIpc) is 2.43. The van der Waals surface area contributed by atoms with Crippen LogP contribution in [0.15, 0.2) is 0 Å². The smallest absolute Gasteiger partial charge is 0.00674 e. The Kier molecular flexibility index (Phi) is 17.7. The lowest BCUT2D eigenvalue weighted by Crippen LogP contribution is -1.90. The topological polar surface area (TPSA) is 0 Å². The first kappa shape index (κ1) is 20.3. The molecule has 0 amide bonds. The molecule has 0 aliphatic carbocycles. The van der Waals surface area contributed by atoms with E-state index >= 15 is 0 Å². The molecule has 0 aromatic carbocycles. The number of rotatable bonds is 16. The fourth-order valence-corrected chi connectivity index (χ4v) is 3.55. The summed E-state index contributed by atoms with van der Waals surface area (Å²) >= 11 is 2.17. The molecule has 0 unspecified atom stereocenters. The van der Waals surface area contributed by atoms with Gasteiger partial charge in [0.1, 0.15) is 0 Å². The molecule has 0 saturated heterocycles. The molecule has 0 N–H and O–H groups in total. The van der Waals surface area contributed by atoms with E-state index in [1.54, 1.807) is 0 Å². The molecule has 0 fully saturated rings. The van der Waals surface area contributed by atoms with E-state index in [0.717, 1.165) is 5.92 Å². The van der Waals surface area contributed by atoms with Crippen molar-refractivity contribution >= 4 is 11.8 Å². The first-order valence-electron chi connectivity index (χ1n) is 9.35. The van der Waals surface area contributed by atoms with E-state index in [1.165, 1.54) is 95.0 Å². The summed E-state index contributed by atoms with van der Waals surface area (Å²) in [6.07, 6.45) is 18.9. The minimum atomic E-state index is 0.887. The molecule has 0 heterocycles. The van der Waals surface area contributed by atoms with Crippen LogP contribution in [0, 0.1) is 5.92 Å². The summed E-state index contributed by atoms with van der Waals surface area (Å²) < 4.78 is 0. The van der Waals surface area contributed by atoms with Gasteiger partial charge < -0.3 is 0 Å². The first-order chi connectivity index (χ1) is 9.77. The highest BCUT2D eigenvalue weighted by Crippen LogP contribution is 2.14. The summed E-state index contributed by atoms with van der Waals surface area (Å²) in [7, 11) is 0. The van der Waals surface area contributed by atoms with Crippen LogP contribution in [-0.2, 0) is 0 Å². The van der Waals surface area contributed by atoms with Crippen molar-refractivity contribution in [1.82, 2.24) is 0 Å². The average molecular weight is 301 g/mol. The molecule has 0 atom stereocenters. The summed E-state index contributed by atoms with van der Waals surface area (Å²) in [5.74, 6) is 3.67. The van der Waals surface area contributed by atoms with Gasteiger partial charge in [-0.3, -0.25) is 0 Å². The number of hydrogen-bond donors (Lipinski definition) is 0. The molecule has 0 bridgehead atoms. The second-order valence-corrected chi connectivity index (χ2v) is 7.91. The van der Waals surface area contributed by atoms with Gasteiger partial charge in [0.15, 0.2) is 0 Å². The van der Waals surface area contributed by atoms with Crippen molar-refractivity contribution in [2.75, 3.05) is 11.5 Å². The highest BCUT2D eigenvalue weighted by Gasteiger charge is 1.96. The van der Waals surface area contributed by atoms with Crippen LogP contribution in [0.2, 0.25) is 0 Å². The summed E-state index contributed by atoms with van der Waals surface area (Å²) in [6, 6.07) is 0. The van der Waals surface area contributed by atoms with Crippen molar-refractivity contribution < 1.29 is 0 Å². The number of hydrogen-bond acceptors (Lipinski definition) is 1. The molecule has 0 aromatic heterocycles. The van der Waals surface area contributed by atoms with Crippen LogP contribution in [0.4, 0.5) is 0 Å². The molecule has 0 aliphatic rings. The highest BCUT2D eigenvalue weighted by molar-refractivity contribution is 7.99. The second kappa shape index (κ2) is 17.4. The zero-order valence-corrected chi connectivity index (χ0v) is 15.4. The lowest BCUT2D eigenvalue weighted by atomic mass is 10.1. The van der Waals surface area contributed by atoms with E-state index < -0.39 is 0 Å². The van der Waals surface area contributed by atoms with Gasteiger partial charge >= 0.3 is 0 Å². The third-order valence-corrected chi connectivity index (χ3v) is 5.12. The summed E-state index contributed by atoms with van der Waals surface area (Å²) in [5, 5.41) is 0.